The molecule has 0 fully saturated rings. The number of hydrogen-bond acceptors (Lipinski definition) is 2. The van der Waals surface area contributed by atoms with Gasteiger partial charge in [0.2, 0.25) is 0 Å². The normalized spacial score (nSPS) is 11.3. The Morgan fingerprint density at radius 2 is 2.16 bits per heavy atom. The summed E-state index contributed by atoms with van der Waals surface area (Å²) < 4.78 is 5.61. The third-order valence-electron chi connectivity index (χ3n) is 2.42. The van der Waals surface area contributed by atoms with Gasteiger partial charge in [0.25, 0.3) is 0 Å². The van der Waals surface area contributed by atoms with Gasteiger partial charge in [0.05, 0.1) is 0 Å². The van der Waals surface area contributed by atoms with Gasteiger partial charge in [-0.15, -0.1) is 0 Å². The van der Waals surface area contributed by atoms with Gasteiger partial charge in [-0.3, -0.25) is 4.99 Å². The van der Waals surface area contributed by atoms with Crippen LogP contribution in [0.4, 0.5) is 0 Å². The lowest BCUT2D eigenvalue weighted by Crippen LogP contribution is -2.40. The van der Waals surface area contributed by atoms with Crippen molar-refractivity contribution in [3.8, 4) is 5.75 Å². The quantitative estimate of drug-likeness (QED) is 0.469. The lowest BCUT2D eigenvalue weighted by atomic mass is 10.2. The summed E-state index contributed by atoms with van der Waals surface area (Å²) in [6.45, 7) is 8.99. The molecule has 0 spiro atoms. The van der Waals surface area contributed by atoms with Crippen LogP contribution < -0.4 is 15.4 Å². The SMILES string of the molecule is C=CCOc1ccccc1CNC(=NC)NC(C)C. The zero-order valence-electron chi connectivity index (χ0n) is 11.9. The highest BCUT2D eigenvalue weighted by Crippen LogP contribution is 2.17. The van der Waals surface area contributed by atoms with Crippen LogP contribution in [0, 0.1) is 0 Å². The molecule has 0 aliphatic heterocycles. The Morgan fingerprint density at radius 1 is 1.42 bits per heavy atom. The Kier molecular flexibility index (Phi) is 6.50. The molecule has 1 rings (SSSR count). The van der Waals surface area contributed by atoms with Crippen LogP contribution in [0.25, 0.3) is 0 Å². The van der Waals surface area contributed by atoms with E-state index in [-0.39, 0.29) is 0 Å². The van der Waals surface area contributed by atoms with Gasteiger partial charge >= 0.3 is 0 Å². The number of benzene rings is 1. The molecule has 2 N–H and O–H groups in total. The third kappa shape index (κ3) is 5.46. The van der Waals surface area contributed by atoms with Crippen molar-refractivity contribution in [3.63, 3.8) is 0 Å². The van der Waals surface area contributed by atoms with Gasteiger partial charge in [0, 0.05) is 25.2 Å². The lowest BCUT2D eigenvalue weighted by molar-refractivity contribution is 0.358. The molecule has 0 saturated heterocycles. The third-order valence-corrected chi connectivity index (χ3v) is 2.42. The zero-order chi connectivity index (χ0) is 14.1. The fourth-order valence-electron chi connectivity index (χ4n) is 1.59. The zero-order valence-corrected chi connectivity index (χ0v) is 11.9. The van der Waals surface area contributed by atoms with Crippen molar-refractivity contribution < 1.29 is 4.74 Å². The summed E-state index contributed by atoms with van der Waals surface area (Å²) in [5.74, 6) is 1.66. The Balaban J connectivity index is 2.63. The number of rotatable bonds is 6. The lowest BCUT2D eigenvalue weighted by Gasteiger charge is -2.16. The molecule has 0 atom stereocenters. The topological polar surface area (TPSA) is 45.6 Å². The van der Waals surface area contributed by atoms with Crippen molar-refractivity contribution in [3.05, 3.63) is 42.5 Å². The second kappa shape index (κ2) is 8.19. The monoisotopic (exact) mass is 261 g/mol. The number of hydrogen-bond donors (Lipinski definition) is 2. The first-order chi connectivity index (χ1) is 9.17. The van der Waals surface area contributed by atoms with Crippen molar-refractivity contribution in [2.75, 3.05) is 13.7 Å². The van der Waals surface area contributed by atoms with Crippen molar-refractivity contribution in [1.29, 1.82) is 0 Å². The highest BCUT2D eigenvalue weighted by molar-refractivity contribution is 5.79. The molecule has 0 bridgehead atoms. The highest BCUT2D eigenvalue weighted by Gasteiger charge is 2.04. The van der Waals surface area contributed by atoms with Crippen molar-refractivity contribution in [1.82, 2.24) is 10.6 Å². The van der Waals surface area contributed by atoms with Crippen LogP contribution in [-0.4, -0.2) is 25.7 Å². The predicted octanol–water partition coefficient (Wildman–Crippen LogP) is 2.32. The van der Waals surface area contributed by atoms with E-state index in [4.69, 9.17) is 4.74 Å². The maximum atomic E-state index is 5.61. The molecular formula is C15H23N3O. The molecule has 104 valence electrons. The van der Waals surface area contributed by atoms with Gasteiger partial charge in [0.15, 0.2) is 5.96 Å². The fraction of sp³-hybridized carbons (Fsp3) is 0.400. The van der Waals surface area contributed by atoms with Crippen LogP contribution in [0.15, 0.2) is 41.9 Å². The Hall–Kier alpha value is -1.97. The molecule has 0 amide bonds. The van der Waals surface area contributed by atoms with E-state index in [0.717, 1.165) is 17.3 Å². The summed E-state index contributed by atoms with van der Waals surface area (Å²) in [5, 5.41) is 6.51. The van der Waals surface area contributed by atoms with Gasteiger partial charge in [-0.2, -0.15) is 0 Å². The van der Waals surface area contributed by atoms with Crippen LogP contribution in [0.5, 0.6) is 5.75 Å². The summed E-state index contributed by atoms with van der Waals surface area (Å²) in [7, 11) is 1.76. The first-order valence-corrected chi connectivity index (χ1v) is 6.46. The Morgan fingerprint density at radius 3 is 2.79 bits per heavy atom. The molecule has 4 nitrogen and oxygen atoms in total. The fourth-order valence-corrected chi connectivity index (χ4v) is 1.59. The van der Waals surface area contributed by atoms with E-state index < -0.39 is 0 Å². The number of nitrogens with one attached hydrogen (secondary N) is 2. The largest absolute Gasteiger partial charge is 0.489 e. The maximum absolute atomic E-state index is 5.61. The second-order valence-corrected chi connectivity index (χ2v) is 4.43. The van der Waals surface area contributed by atoms with E-state index in [1.807, 2.05) is 24.3 Å². The number of ether oxygens (including phenoxy) is 1. The van der Waals surface area contributed by atoms with Gasteiger partial charge in [-0.05, 0) is 19.9 Å². The first kappa shape index (κ1) is 15.1. The molecule has 0 aromatic heterocycles. The molecule has 19 heavy (non-hydrogen) atoms. The van der Waals surface area contributed by atoms with Crippen LogP contribution in [-0.2, 0) is 6.54 Å². The highest BCUT2D eigenvalue weighted by atomic mass is 16.5. The van der Waals surface area contributed by atoms with Crippen LogP contribution in [0.2, 0.25) is 0 Å². The van der Waals surface area contributed by atoms with E-state index in [1.54, 1.807) is 13.1 Å². The van der Waals surface area contributed by atoms with E-state index in [9.17, 15) is 0 Å². The predicted molar refractivity (Wildman–Crippen MR) is 80.6 cm³/mol. The molecule has 0 unspecified atom stereocenters. The maximum Gasteiger partial charge on any atom is 0.191 e. The number of para-hydroxylation sites is 1. The van der Waals surface area contributed by atoms with Gasteiger partial charge in [-0.25, -0.2) is 0 Å². The number of nitrogens with zero attached hydrogens (tertiary/aromatic N) is 1. The molecule has 0 aliphatic rings. The summed E-state index contributed by atoms with van der Waals surface area (Å²) in [4.78, 5) is 4.17. The molecule has 1 aromatic rings. The van der Waals surface area contributed by atoms with Gasteiger partial charge in [-0.1, -0.05) is 30.9 Å². The van der Waals surface area contributed by atoms with Crippen LogP contribution in [0.3, 0.4) is 0 Å². The molecule has 0 heterocycles. The molecular weight excluding hydrogens is 238 g/mol. The molecule has 0 aliphatic carbocycles. The van der Waals surface area contributed by atoms with Crippen molar-refractivity contribution in [2.24, 2.45) is 4.99 Å². The summed E-state index contributed by atoms with van der Waals surface area (Å²) in [6, 6.07) is 8.30. The summed E-state index contributed by atoms with van der Waals surface area (Å²) in [5.41, 5.74) is 1.09. The minimum Gasteiger partial charge on any atom is -0.489 e. The van der Waals surface area contributed by atoms with E-state index in [2.05, 4.69) is 36.1 Å². The number of guanidine groups is 1. The van der Waals surface area contributed by atoms with Crippen LogP contribution in [0.1, 0.15) is 19.4 Å². The van der Waals surface area contributed by atoms with Crippen LogP contribution >= 0.6 is 0 Å². The molecule has 1 aromatic carbocycles. The Bertz CT molecular complexity index is 427. The van der Waals surface area contributed by atoms with E-state index in [0.29, 0.717) is 19.2 Å². The van der Waals surface area contributed by atoms with E-state index >= 15 is 0 Å². The van der Waals surface area contributed by atoms with E-state index in [1.165, 1.54) is 0 Å². The number of aliphatic imine (C=N–C) groups is 1. The van der Waals surface area contributed by atoms with Gasteiger partial charge in [0.1, 0.15) is 12.4 Å². The minimum absolute atomic E-state index is 0.346. The average molecular weight is 261 g/mol. The molecule has 4 heteroatoms. The first-order valence-electron chi connectivity index (χ1n) is 6.46. The van der Waals surface area contributed by atoms with Crippen molar-refractivity contribution >= 4 is 5.96 Å². The van der Waals surface area contributed by atoms with Gasteiger partial charge < -0.3 is 15.4 Å². The Labute approximate surface area is 115 Å². The summed E-state index contributed by atoms with van der Waals surface area (Å²) in [6.07, 6.45) is 1.74. The molecule has 0 saturated carbocycles. The average Bonchev–Trinajstić information content (AvgIpc) is 2.41. The smallest absolute Gasteiger partial charge is 0.191 e. The second-order valence-electron chi connectivity index (χ2n) is 4.43. The minimum atomic E-state index is 0.346. The van der Waals surface area contributed by atoms with Crippen molar-refractivity contribution in [2.45, 2.75) is 26.4 Å². The standard InChI is InChI=1S/C15H23N3O/c1-5-10-19-14-9-7-6-8-13(14)11-17-15(16-4)18-12(2)3/h5-9,12H,1,10-11H2,2-4H3,(H2,16,17,18). The summed E-state index contributed by atoms with van der Waals surface area (Å²) >= 11 is 0. The molecule has 0 radical (unpaired) electrons.